The molecule has 1 aliphatic rings. The van der Waals surface area contributed by atoms with E-state index in [0.717, 1.165) is 18.6 Å². The molecular formula is C13H19NO3. The Morgan fingerprint density at radius 2 is 2.12 bits per heavy atom. The molecule has 17 heavy (non-hydrogen) atoms. The number of hydrogen-bond acceptors (Lipinski definition) is 4. The largest absolute Gasteiger partial charge is 0.462 e. The van der Waals surface area contributed by atoms with E-state index in [-0.39, 0.29) is 5.97 Å². The van der Waals surface area contributed by atoms with Gasteiger partial charge in [0.1, 0.15) is 5.56 Å². The summed E-state index contributed by atoms with van der Waals surface area (Å²) in [6, 6.07) is 0. The number of aryl methyl sites for hydroxylation is 1. The van der Waals surface area contributed by atoms with Gasteiger partial charge in [-0.1, -0.05) is 24.4 Å². The molecule has 1 aromatic rings. The van der Waals surface area contributed by atoms with Crippen LogP contribution in [0.25, 0.3) is 0 Å². The fraction of sp³-hybridized carbons (Fsp3) is 0.692. The number of nitrogens with zero attached hydrogens (tertiary/aromatic N) is 1. The molecule has 0 bridgehead atoms. The summed E-state index contributed by atoms with van der Waals surface area (Å²) in [4.78, 5) is 11.9. The zero-order chi connectivity index (χ0) is 12.3. The SMILES string of the molecule is CCOC(=O)c1c(C)noc1C1CCCCC1. The van der Waals surface area contributed by atoms with Crippen LogP contribution in [0.1, 0.15) is 66.8 Å². The Morgan fingerprint density at radius 1 is 1.41 bits per heavy atom. The molecule has 0 aromatic carbocycles. The van der Waals surface area contributed by atoms with Gasteiger partial charge in [0.05, 0.1) is 12.3 Å². The van der Waals surface area contributed by atoms with Crippen molar-refractivity contribution in [3.8, 4) is 0 Å². The van der Waals surface area contributed by atoms with Gasteiger partial charge in [-0.2, -0.15) is 0 Å². The van der Waals surface area contributed by atoms with Crippen LogP contribution in [0, 0.1) is 6.92 Å². The molecule has 4 heteroatoms. The quantitative estimate of drug-likeness (QED) is 0.757. The summed E-state index contributed by atoms with van der Waals surface area (Å²) in [6.45, 7) is 3.98. The summed E-state index contributed by atoms with van der Waals surface area (Å²) in [5.74, 6) is 0.775. The lowest BCUT2D eigenvalue weighted by atomic mass is 9.86. The molecular weight excluding hydrogens is 218 g/mol. The van der Waals surface area contributed by atoms with Gasteiger partial charge in [0.2, 0.25) is 0 Å². The van der Waals surface area contributed by atoms with Crippen LogP contribution in [0.3, 0.4) is 0 Å². The Bertz CT molecular complexity index is 391. The van der Waals surface area contributed by atoms with Crippen LogP contribution < -0.4 is 0 Å². The van der Waals surface area contributed by atoms with Crippen molar-refractivity contribution in [1.82, 2.24) is 5.16 Å². The van der Waals surface area contributed by atoms with Crippen molar-refractivity contribution in [2.75, 3.05) is 6.61 Å². The number of aromatic nitrogens is 1. The number of carbonyl (C=O) groups excluding carboxylic acids is 1. The zero-order valence-electron chi connectivity index (χ0n) is 10.5. The van der Waals surface area contributed by atoms with Crippen molar-refractivity contribution in [2.24, 2.45) is 0 Å². The minimum absolute atomic E-state index is 0.299. The normalized spacial score (nSPS) is 17.1. The van der Waals surface area contributed by atoms with E-state index in [9.17, 15) is 4.79 Å². The summed E-state index contributed by atoms with van der Waals surface area (Å²) < 4.78 is 10.4. The Kier molecular flexibility index (Phi) is 3.82. The molecule has 1 aromatic heterocycles. The lowest BCUT2D eigenvalue weighted by Crippen LogP contribution is -2.12. The topological polar surface area (TPSA) is 52.3 Å². The molecule has 0 radical (unpaired) electrons. The van der Waals surface area contributed by atoms with E-state index in [1.807, 2.05) is 0 Å². The minimum Gasteiger partial charge on any atom is -0.462 e. The van der Waals surface area contributed by atoms with Gasteiger partial charge in [0, 0.05) is 5.92 Å². The van der Waals surface area contributed by atoms with E-state index in [0.29, 0.717) is 23.8 Å². The second-order valence-electron chi connectivity index (χ2n) is 4.56. The Labute approximate surface area is 101 Å². The monoisotopic (exact) mass is 237 g/mol. The van der Waals surface area contributed by atoms with E-state index in [2.05, 4.69) is 5.16 Å². The summed E-state index contributed by atoms with van der Waals surface area (Å²) in [5, 5.41) is 3.92. The Hall–Kier alpha value is -1.32. The van der Waals surface area contributed by atoms with Crippen LogP contribution >= 0.6 is 0 Å². The molecule has 0 amide bonds. The highest BCUT2D eigenvalue weighted by Crippen LogP contribution is 2.35. The molecule has 1 saturated carbocycles. The average Bonchev–Trinajstić information content (AvgIpc) is 2.73. The first-order valence-electron chi connectivity index (χ1n) is 6.37. The van der Waals surface area contributed by atoms with Crippen molar-refractivity contribution in [2.45, 2.75) is 51.9 Å². The van der Waals surface area contributed by atoms with Gasteiger partial charge < -0.3 is 9.26 Å². The van der Waals surface area contributed by atoms with Crippen molar-refractivity contribution >= 4 is 5.97 Å². The van der Waals surface area contributed by atoms with Crippen LogP contribution in [-0.4, -0.2) is 17.7 Å². The first kappa shape index (κ1) is 12.1. The molecule has 1 aliphatic carbocycles. The van der Waals surface area contributed by atoms with E-state index >= 15 is 0 Å². The van der Waals surface area contributed by atoms with Crippen molar-refractivity contribution < 1.29 is 14.1 Å². The van der Waals surface area contributed by atoms with Gasteiger partial charge in [-0.25, -0.2) is 4.79 Å². The molecule has 1 heterocycles. The highest BCUT2D eigenvalue weighted by molar-refractivity contribution is 5.91. The van der Waals surface area contributed by atoms with Gasteiger partial charge in [-0.3, -0.25) is 0 Å². The Morgan fingerprint density at radius 3 is 2.76 bits per heavy atom. The molecule has 0 saturated heterocycles. The smallest absolute Gasteiger partial charge is 0.343 e. The van der Waals surface area contributed by atoms with Crippen LogP contribution in [0.4, 0.5) is 0 Å². The predicted octanol–water partition coefficient (Wildman–Crippen LogP) is 3.21. The summed E-state index contributed by atoms with van der Waals surface area (Å²) in [7, 11) is 0. The highest BCUT2D eigenvalue weighted by atomic mass is 16.5. The van der Waals surface area contributed by atoms with Gasteiger partial charge in [-0.15, -0.1) is 0 Å². The summed E-state index contributed by atoms with van der Waals surface area (Å²) in [6.07, 6.45) is 5.85. The van der Waals surface area contributed by atoms with Gasteiger partial charge in [-0.05, 0) is 26.7 Å². The molecule has 0 unspecified atom stereocenters. The van der Waals surface area contributed by atoms with Crippen LogP contribution in [0.2, 0.25) is 0 Å². The summed E-state index contributed by atoms with van der Waals surface area (Å²) in [5.41, 5.74) is 1.20. The lowest BCUT2D eigenvalue weighted by molar-refractivity contribution is 0.0521. The van der Waals surface area contributed by atoms with E-state index in [4.69, 9.17) is 9.26 Å². The standard InChI is InChI=1S/C13H19NO3/c1-3-16-13(15)11-9(2)14-17-12(11)10-7-5-4-6-8-10/h10H,3-8H2,1-2H3. The van der Waals surface area contributed by atoms with Crippen LogP contribution in [0.5, 0.6) is 0 Å². The van der Waals surface area contributed by atoms with Gasteiger partial charge in [0.15, 0.2) is 5.76 Å². The number of hydrogen-bond donors (Lipinski definition) is 0. The molecule has 0 aliphatic heterocycles. The number of rotatable bonds is 3. The molecule has 4 nitrogen and oxygen atoms in total. The molecule has 2 rings (SSSR count). The van der Waals surface area contributed by atoms with E-state index < -0.39 is 0 Å². The summed E-state index contributed by atoms with van der Waals surface area (Å²) >= 11 is 0. The third kappa shape index (κ3) is 2.51. The maximum atomic E-state index is 11.9. The number of esters is 1. The van der Waals surface area contributed by atoms with Gasteiger partial charge >= 0.3 is 5.97 Å². The first-order chi connectivity index (χ1) is 8.24. The van der Waals surface area contributed by atoms with Crippen LogP contribution in [-0.2, 0) is 4.74 Å². The predicted molar refractivity (Wildman–Crippen MR) is 63.0 cm³/mol. The highest BCUT2D eigenvalue weighted by Gasteiger charge is 2.28. The molecule has 94 valence electrons. The van der Waals surface area contributed by atoms with E-state index in [1.165, 1.54) is 19.3 Å². The number of carbonyl (C=O) groups is 1. The van der Waals surface area contributed by atoms with Crippen molar-refractivity contribution in [3.63, 3.8) is 0 Å². The third-order valence-corrected chi connectivity index (χ3v) is 3.34. The minimum atomic E-state index is -0.299. The fourth-order valence-electron chi connectivity index (χ4n) is 2.48. The fourth-order valence-corrected chi connectivity index (χ4v) is 2.48. The molecule has 0 atom stereocenters. The second-order valence-corrected chi connectivity index (χ2v) is 4.56. The van der Waals surface area contributed by atoms with E-state index in [1.54, 1.807) is 13.8 Å². The number of ether oxygens (including phenoxy) is 1. The molecule has 0 N–H and O–H groups in total. The first-order valence-corrected chi connectivity index (χ1v) is 6.37. The van der Waals surface area contributed by atoms with Crippen LogP contribution in [0.15, 0.2) is 4.52 Å². The average molecular weight is 237 g/mol. The maximum Gasteiger partial charge on any atom is 0.343 e. The lowest BCUT2D eigenvalue weighted by Gasteiger charge is -2.19. The zero-order valence-corrected chi connectivity index (χ0v) is 10.5. The third-order valence-electron chi connectivity index (χ3n) is 3.34. The van der Waals surface area contributed by atoms with Gasteiger partial charge in [0.25, 0.3) is 0 Å². The molecule has 0 spiro atoms. The van der Waals surface area contributed by atoms with Crippen molar-refractivity contribution in [3.05, 3.63) is 17.0 Å². The maximum absolute atomic E-state index is 11.9. The Balaban J connectivity index is 2.24. The second kappa shape index (κ2) is 5.34. The van der Waals surface area contributed by atoms with Crippen molar-refractivity contribution in [1.29, 1.82) is 0 Å². The molecule has 1 fully saturated rings.